The van der Waals surface area contributed by atoms with Gasteiger partial charge in [-0.15, -0.1) is 0 Å². The summed E-state index contributed by atoms with van der Waals surface area (Å²) in [6.07, 6.45) is 0. The van der Waals surface area contributed by atoms with Crippen molar-refractivity contribution in [1.29, 1.82) is 0 Å². The number of hydrogen-bond donors (Lipinski definition) is 3. The number of rotatable bonds is 3. The molecule has 0 spiro atoms. The van der Waals surface area contributed by atoms with Gasteiger partial charge >= 0.3 is 12.0 Å². The Morgan fingerprint density at radius 3 is 2.42 bits per heavy atom. The smallest absolute Gasteiger partial charge is 0.330 e. The van der Waals surface area contributed by atoms with Crippen LogP contribution < -0.4 is 10.6 Å². The molecule has 1 saturated heterocycles. The third kappa shape index (κ3) is 3.45. The summed E-state index contributed by atoms with van der Waals surface area (Å²) in [5.74, 6) is -1.06. The van der Waals surface area contributed by atoms with E-state index in [9.17, 15) is 14.7 Å². The molecule has 0 aromatic heterocycles. The minimum absolute atomic E-state index is 0.335. The Kier molecular flexibility index (Phi) is 4.35. The lowest BCUT2D eigenvalue weighted by Gasteiger charge is -2.29. The molecule has 0 unspecified atom stereocenters. The number of carboxylic acids is 1. The van der Waals surface area contributed by atoms with Gasteiger partial charge in [0, 0.05) is 26.2 Å². The summed E-state index contributed by atoms with van der Waals surface area (Å²) in [7, 11) is 0. The molecule has 6 heteroatoms. The number of nitrogens with zero attached hydrogens (tertiary/aromatic N) is 1. The zero-order valence-electron chi connectivity index (χ0n) is 10.5. The highest BCUT2D eigenvalue weighted by Crippen LogP contribution is 2.13. The van der Waals surface area contributed by atoms with Crippen molar-refractivity contribution in [3.05, 3.63) is 35.9 Å². The summed E-state index contributed by atoms with van der Waals surface area (Å²) >= 11 is 0. The van der Waals surface area contributed by atoms with Gasteiger partial charge in [-0.25, -0.2) is 9.59 Å². The van der Waals surface area contributed by atoms with Crippen LogP contribution in [0.3, 0.4) is 0 Å². The van der Waals surface area contributed by atoms with Gasteiger partial charge in [0.25, 0.3) is 0 Å². The van der Waals surface area contributed by atoms with Crippen LogP contribution in [-0.2, 0) is 4.79 Å². The molecule has 0 saturated carbocycles. The fourth-order valence-corrected chi connectivity index (χ4v) is 2.02. The number of aliphatic carboxylic acids is 1. The Balaban J connectivity index is 2.04. The number of benzene rings is 1. The molecule has 19 heavy (non-hydrogen) atoms. The van der Waals surface area contributed by atoms with Crippen molar-refractivity contribution in [2.24, 2.45) is 0 Å². The number of urea groups is 1. The van der Waals surface area contributed by atoms with E-state index in [0.29, 0.717) is 18.7 Å². The fourth-order valence-electron chi connectivity index (χ4n) is 2.02. The van der Waals surface area contributed by atoms with Crippen molar-refractivity contribution >= 4 is 12.0 Å². The molecule has 1 fully saturated rings. The standard InChI is InChI=1S/C13H17N3O3/c17-12(18)11(10-4-2-1-3-5-10)15-13(19)16-8-6-14-7-9-16/h1-5,11,14H,6-9H2,(H,15,19)(H,17,18)/t11-/m1/s1. The van der Waals surface area contributed by atoms with Gasteiger partial charge in [0.15, 0.2) is 6.04 Å². The quantitative estimate of drug-likeness (QED) is 0.738. The molecule has 1 atom stereocenters. The normalized spacial score (nSPS) is 16.7. The molecule has 1 aromatic carbocycles. The van der Waals surface area contributed by atoms with Crippen molar-refractivity contribution in [3.63, 3.8) is 0 Å². The Labute approximate surface area is 111 Å². The molecule has 102 valence electrons. The summed E-state index contributed by atoms with van der Waals surface area (Å²) in [5.41, 5.74) is 0.568. The Morgan fingerprint density at radius 1 is 1.21 bits per heavy atom. The number of carbonyl (C=O) groups is 2. The van der Waals surface area contributed by atoms with Gasteiger partial charge in [0.1, 0.15) is 0 Å². The molecule has 0 aliphatic carbocycles. The van der Waals surface area contributed by atoms with Crippen LogP contribution in [0.5, 0.6) is 0 Å². The number of carbonyl (C=O) groups excluding carboxylic acids is 1. The summed E-state index contributed by atoms with van der Waals surface area (Å²) in [5, 5.41) is 14.9. The average molecular weight is 263 g/mol. The third-order valence-corrected chi connectivity index (χ3v) is 3.05. The van der Waals surface area contributed by atoms with E-state index in [-0.39, 0.29) is 6.03 Å². The third-order valence-electron chi connectivity index (χ3n) is 3.05. The van der Waals surface area contributed by atoms with E-state index in [4.69, 9.17) is 0 Å². The number of piperazine rings is 1. The van der Waals surface area contributed by atoms with Crippen molar-refractivity contribution in [3.8, 4) is 0 Å². The molecule has 1 aliphatic heterocycles. The first-order chi connectivity index (χ1) is 9.18. The molecule has 2 rings (SSSR count). The predicted molar refractivity (Wildman–Crippen MR) is 69.8 cm³/mol. The maximum Gasteiger partial charge on any atom is 0.330 e. The van der Waals surface area contributed by atoms with Gasteiger partial charge in [-0.1, -0.05) is 30.3 Å². The SMILES string of the molecule is O=C(O)[C@H](NC(=O)N1CCNCC1)c1ccccc1. The highest BCUT2D eigenvalue weighted by atomic mass is 16.4. The Hall–Kier alpha value is -2.08. The van der Waals surface area contributed by atoms with Gasteiger partial charge in [0.05, 0.1) is 0 Å². The summed E-state index contributed by atoms with van der Waals surface area (Å²) in [6, 6.07) is 7.35. The van der Waals surface area contributed by atoms with Gasteiger partial charge in [0.2, 0.25) is 0 Å². The van der Waals surface area contributed by atoms with Crippen LogP contribution in [0.25, 0.3) is 0 Å². The topological polar surface area (TPSA) is 81.7 Å². The summed E-state index contributed by atoms with van der Waals surface area (Å²) in [4.78, 5) is 24.9. The van der Waals surface area contributed by atoms with E-state index in [2.05, 4.69) is 10.6 Å². The van der Waals surface area contributed by atoms with Gasteiger partial charge < -0.3 is 20.6 Å². The maximum absolute atomic E-state index is 12.0. The van der Waals surface area contributed by atoms with Crippen molar-refractivity contribution in [2.45, 2.75) is 6.04 Å². The molecule has 1 aromatic rings. The highest BCUT2D eigenvalue weighted by Gasteiger charge is 2.25. The van der Waals surface area contributed by atoms with Gasteiger partial charge in [-0.2, -0.15) is 0 Å². The van der Waals surface area contributed by atoms with E-state index < -0.39 is 12.0 Å². The molecule has 0 bridgehead atoms. The van der Waals surface area contributed by atoms with Crippen molar-refractivity contribution in [1.82, 2.24) is 15.5 Å². The van der Waals surface area contributed by atoms with Crippen LogP contribution in [-0.4, -0.2) is 48.2 Å². The molecule has 2 amide bonds. The lowest BCUT2D eigenvalue weighted by Crippen LogP contribution is -2.51. The van der Waals surface area contributed by atoms with E-state index in [0.717, 1.165) is 13.1 Å². The second-order valence-corrected chi connectivity index (χ2v) is 4.37. The Morgan fingerprint density at radius 2 is 1.84 bits per heavy atom. The first kappa shape index (κ1) is 13.4. The summed E-state index contributed by atoms with van der Waals surface area (Å²) < 4.78 is 0. The van der Waals surface area contributed by atoms with Crippen LogP contribution in [0.15, 0.2) is 30.3 Å². The number of hydrogen-bond acceptors (Lipinski definition) is 3. The molecule has 0 radical (unpaired) electrons. The van der Waals surface area contributed by atoms with Crippen LogP contribution in [0, 0.1) is 0 Å². The second kappa shape index (κ2) is 6.19. The molecule has 1 aliphatic rings. The van der Waals surface area contributed by atoms with Crippen LogP contribution >= 0.6 is 0 Å². The lowest BCUT2D eigenvalue weighted by atomic mass is 10.1. The molecular formula is C13H17N3O3. The summed E-state index contributed by atoms with van der Waals surface area (Å²) in [6.45, 7) is 2.65. The fraction of sp³-hybridized carbons (Fsp3) is 0.385. The first-order valence-electron chi connectivity index (χ1n) is 6.22. The minimum Gasteiger partial charge on any atom is -0.479 e. The highest BCUT2D eigenvalue weighted by molar-refractivity contribution is 5.83. The van der Waals surface area contributed by atoms with Crippen molar-refractivity contribution < 1.29 is 14.7 Å². The number of carboxylic acid groups (broad SMARTS) is 1. The van der Waals surface area contributed by atoms with Gasteiger partial charge in [-0.3, -0.25) is 0 Å². The monoisotopic (exact) mass is 263 g/mol. The molecule has 3 N–H and O–H groups in total. The second-order valence-electron chi connectivity index (χ2n) is 4.37. The van der Waals surface area contributed by atoms with Crippen LogP contribution in [0.1, 0.15) is 11.6 Å². The molecular weight excluding hydrogens is 246 g/mol. The lowest BCUT2D eigenvalue weighted by molar-refractivity contribution is -0.139. The maximum atomic E-state index is 12.0. The van der Waals surface area contributed by atoms with E-state index in [1.165, 1.54) is 0 Å². The number of nitrogens with one attached hydrogen (secondary N) is 2. The van der Waals surface area contributed by atoms with Gasteiger partial charge in [-0.05, 0) is 5.56 Å². The van der Waals surface area contributed by atoms with E-state index in [1.54, 1.807) is 35.2 Å². The zero-order chi connectivity index (χ0) is 13.7. The average Bonchev–Trinajstić information content (AvgIpc) is 2.46. The Bertz CT molecular complexity index is 444. The predicted octanol–water partition coefficient (Wildman–Crippen LogP) is 0.427. The van der Waals surface area contributed by atoms with Crippen molar-refractivity contribution in [2.75, 3.05) is 26.2 Å². The largest absolute Gasteiger partial charge is 0.479 e. The first-order valence-corrected chi connectivity index (χ1v) is 6.22. The molecule has 1 heterocycles. The molecule has 6 nitrogen and oxygen atoms in total. The van der Waals surface area contributed by atoms with Crippen LogP contribution in [0.4, 0.5) is 4.79 Å². The minimum atomic E-state index is -1.06. The van der Waals surface area contributed by atoms with E-state index in [1.807, 2.05) is 0 Å². The zero-order valence-corrected chi connectivity index (χ0v) is 10.5. The van der Waals surface area contributed by atoms with E-state index >= 15 is 0 Å². The number of amides is 2. The van der Waals surface area contributed by atoms with Crippen LogP contribution in [0.2, 0.25) is 0 Å².